The van der Waals surface area contributed by atoms with Gasteiger partial charge in [-0.15, -0.1) is 11.3 Å². The van der Waals surface area contributed by atoms with Gasteiger partial charge < -0.3 is 15.1 Å². The van der Waals surface area contributed by atoms with E-state index in [0.717, 1.165) is 30.5 Å². The van der Waals surface area contributed by atoms with Gasteiger partial charge in [-0.3, -0.25) is 4.79 Å². The van der Waals surface area contributed by atoms with E-state index in [9.17, 15) is 4.79 Å². The lowest BCUT2D eigenvalue weighted by molar-refractivity contribution is -0.127. The number of aliphatic imine (C=N–C) groups is 1. The summed E-state index contributed by atoms with van der Waals surface area (Å²) in [5.74, 6) is 1.55. The molecule has 1 aromatic rings. The number of amides is 1. The molecule has 146 valence electrons. The molecule has 0 radical (unpaired) electrons. The van der Waals surface area contributed by atoms with Crippen LogP contribution in [0.1, 0.15) is 42.0 Å². The number of likely N-dealkylation sites (N-methyl/N-ethyl adjacent to an activating group) is 2. The molecule has 2 rings (SSSR count). The lowest BCUT2D eigenvalue weighted by Crippen LogP contribution is -2.43. The number of guanidine groups is 1. The van der Waals surface area contributed by atoms with Crippen LogP contribution < -0.4 is 5.32 Å². The third kappa shape index (κ3) is 6.94. The highest BCUT2D eigenvalue weighted by Gasteiger charge is 2.16. The topological polar surface area (TPSA) is 60.8 Å². The Labute approximate surface area is 161 Å². The predicted octanol–water partition coefficient (Wildman–Crippen LogP) is 2.54. The Bertz CT molecular complexity index is 593. The third-order valence-corrected chi connectivity index (χ3v) is 5.80. The zero-order valence-corrected chi connectivity index (χ0v) is 17.4. The number of carbonyl (C=O) groups excluding carboxylic acids is 1. The summed E-state index contributed by atoms with van der Waals surface area (Å²) in [5, 5.41) is 4.66. The molecule has 1 saturated carbocycles. The highest BCUT2D eigenvalue weighted by molar-refractivity contribution is 7.11. The normalized spacial score (nSPS) is 15.8. The molecular formula is C19H33N5OS. The molecule has 0 saturated heterocycles. The highest BCUT2D eigenvalue weighted by Crippen LogP contribution is 2.22. The minimum Gasteiger partial charge on any atom is -0.356 e. The largest absolute Gasteiger partial charge is 0.356 e. The van der Waals surface area contributed by atoms with Crippen molar-refractivity contribution in [1.82, 2.24) is 20.1 Å². The molecule has 1 aliphatic rings. The minimum atomic E-state index is 0.0194. The molecule has 0 bridgehead atoms. The minimum absolute atomic E-state index is 0.0194. The number of thiazole rings is 1. The van der Waals surface area contributed by atoms with Gasteiger partial charge in [0.05, 0.1) is 5.01 Å². The summed E-state index contributed by atoms with van der Waals surface area (Å²) in [4.78, 5) is 25.9. The SMILES string of the molecule is Cc1cnc(CCN(C)C(=NCC(=O)N(C)C)NCC2CCCCC2)s1. The van der Waals surface area contributed by atoms with Gasteiger partial charge in [-0.05, 0) is 25.7 Å². The van der Waals surface area contributed by atoms with E-state index in [-0.39, 0.29) is 12.5 Å². The quantitative estimate of drug-likeness (QED) is 0.584. The van der Waals surface area contributed by atoms with Crippen molar-refractivity contribution in [2.24, 2.45) is 10.9 Å². The molecule has 0 unspecified atom stereocenters. The fraction of sp³-hybridized carbons (Fsp3) is 0.737. The number of aromatic nitrogens is 1. The van der Waals surface area contributed by atoms with E-state index in [0.29, 0.717) is 5.92 Å². The number of aryl methyl sites for hydroxylation is 1. The van der Waals surface area contributed by atoms with E-state index < -0.39 is 0 Å². The van der Waals surface area contributed by atoms with Gasteiger partial charge in [0.1, 0.15) is 6.54 Å². The van der Waals surface area contributed by atoms with Crippen LogP contribution in [0.25, 0.3) is 0 Å². The second kappa shape index (κ2) is 10.5. The van der Waals surface area contributed by atoms with Gasteiger partial charge in [-0.1, -0.05) is 19.3 Å². The molecule has 7 heteroatoms. The molecule has 0 aliphatic heterocycles. The average molecular weight is 380 g/mol. The Morgan fingerprint density at radius 3 is 2.65 bits per heavy atom. The average Bonchev–Trinajstić information content (AvgIpc) is 3.05. The summed E-state index contributed by atoms with van der Waals surface area (Å²) in [6.45, 7) is 4.03. The maximum Gasteiger partial charge on any atom is 0.243 e. The summed E-state index contributed by atoms with van der Waals surface area (Å²) in [6.07, 6.45) is 9.42. The van der Waals surface area contributed by atoms with Gasteiger partial charge in [-0.2, -0.15) is 0 Å². The fourth-order valence-corrected chi connectivity index (χ4v) is 3.88. The van der Waals surface area contributed by atoms with Crippen LogP contribution in [-0.4, -0.2) is 67.4 Å². The predicted molar refractivity (Wildman–Crippen MR) is 109 cm³/mol. The molecule has 0 spiro atoms. The van der Waals surface area contributed by atoms with E-state index in [1.165, 1.54) is 37.0 Å². The monoisotopic (exact) mass is 379 g/mol. The second-order valence-electron chi connectivity index (χ2n) is 7.35. The molecule has 6 nitrogen and oxygen atoms in total. The molecule has 1 amide bonds. The van der Waals surface area contributed by atoms with Crippen molar-refractivity contribution in [2.45, 2.75) is 45.4 Å². The van der Waals surface area contributed by atoms with Crippen LogP contribution in [0, 0.1) is 12.8 Å². The van der Waals surface area contributed by atoms with Crippen LogP contribution in [0.3, 0.4) is 0 Å². The second-order valence-corrected chi connectivity index (χ2v) is 8.67. The zero-order chi connectivity index (χ0) is 18.9. The first-order valence-electron chi connectivity index (χ1n) is 9.56. The van der Waals surface area contributed by atoms with Crippen molar-refractivity contribution in [3.05, 3.63) is 16.1 Å². The molecule has 1 heterocycles. The number of nitrogens with zero attached hydrogens (tertiary/aromatic N) is 4. The number of hydrogen-bond acceptors (Lipinski definition) is 4. The lowest BCUT2D eigenvalue weighted by atomic mass is 9.89. The Balaban J connectivity index is 1.92. The fourth-order valence-electron chi connectivity index (χ4n) is 3.11. The standard InChI is InChI=1S/C19H33N5OS/c1-15-12-20-17(26-15)10-11-24(4)19(22-14-18(25)23(2)3)21-13-16-8-6-5-7-9-16/h12,16H,5-11,13-14H2,1-4H3,(H,21,22). The van der Waals surface area contributed by atoms with Crippen molar-refractivity contribution in [1.29, 1.82) is 0 Å². The first kappa shape index (κ1) is 20.7. The molecule has 1 N–H and O–H groups in total. The summed E-state index contributed by atoms with van der Waals surface area (Å²) in [7, 11) is 5.57. The molecule has 1 aromatic heterocycles. The van der Waals surface area contributed by atoms with Gasteiger partial charge in [0, 0.05) is 51.7 Å². The first-order valence-corrected chi connectivity index (χ1v) is 10.4. The van der Waals surface area contributed by atoms with Crippen LogP contribution in [0.5, 0.6) is 0 Å². The van der Waals surface area contributed by atoms with E-state index in [1.54, 1.807) is 30.3 Å². The van der Waals surface area contributed by atoms with Gasteiger partial charge in [-0.25, -0.2) is 9.98 Å². The maximum atomic E-state index is 11.9. The van der Waals surface area contributed by atoms with Crippen LogP contribution >= 0.6 is 11.3 Å². The van der Waals surface area contributed by atoms with Crippen LogP contribution in [-0.2, 0) is 11.2 Å². The Morgan fingerprint density at radius 2 is 2.04 bits per heavy atom. The highest BCUT2D eigenvalue weighted by atomic mass is 32.1. The molecule has 1 fully saturated rings. The van der Waals surface area contributed by atoms with Crippen LogP contribution in [0.2, 0.25) is 0 Å². The number of hydrogen-bond donors (Lipinski definition) is 1. The summed E-state index contributed by atoms with van der Waals surface area (Å²) in [6, 6.07) is 0. The van der Waals surface area contributed by atoms with Gasteiger partial charge in [0.2, 0.25) is 5.91 Å². The smallest absolute Gasteiger partial charge is 0.243 e. The number of rotatable bonds is 7. The molecule has 26 heavy (non-hydrogen) atoms. The van der Waals surface area contributed by atoms with E-state index >= 15 is 0 Å². The number of nitrogens with one attached hydrogen (secondary N) is 1. The Hall–Kier alpha value is -1.63. The number of carbonyl (C=O) groups is 1. The molecular weight excluding hydrogens is 346 g/mol. The van der Waals surface area contributed by atoms with Crippen LogP contribution in [0.4, 0.5) is 0 Å². The zero-order valence-electron chi connectivity index (χ0n) is 16.6. The summed E-state index contributed by atoms with van der Waals surface area (Å²) < 4.78 is 0. The van der Waals surface area contributed by atoms with Crippen LogP contribution in [0.15, 0.2) is 11.2 Å². The van der Waals surface area contributed by atoms with E-state index in [2.05, 4.69) is 27.1 Å². The van der Waals surface area contributed by atoms with Crippen molar-refractivity contribution in [2.75, 3.05) is 40.8 Å². The van der Waals surface area contributed by atoms with Gasteiger partial charge in [0.25, 0.3) is 0 Å². The van der Waals surface area contributed by atoms with E-state index in [4.69, 9.17) is 0 Å². The molecule has 0 aromatic carbocycles. The van der Waals surface area contributed by atoms with Crippen molar-refractivity contribution < 1.29 is 4.79 Å². The Morgan fingerprint density at radius 1 is 1.31 bits per heavy atom. The Kier molecular flexibility index (Phi) is 8.35. The summed E-state index contributed by atoms with van der Waals surface area (Å²) in [5.41, 5.74) is 0. The van der Waals surface area contributed by atoms with Gasteiger partial charge >= 0.3 is 0 Å². The maximum absolute atomic E-state index is 11.9. The lowest BCUT2D eigenvalue weighted by Gasteiger charge is -2.26. The first-order chi connectivity index (χ1) is 12.5. The molecule has 1 aliphatic carbocycles. The van der Waals surface area contributed by atoms with Crippen molar-refractivity contribution in [3.63, 3.8) is 0 Å². The van der Waals surface area contributed by atoms with E-state index in [1.807, 2.05) is 13.2 Å². The van der Waals surface area contributed by atoms with Crippen molar-refractivity contribution >= 4 is 23.2 Å². The van der Waals surface area contributed by atoms with Gasteiger partial charge in [0.15, 0.2) is 5.96 Å². The third-order valence-electron chi connectivity index (χ3n) is 4.83. The molecule has 0 atom stereocenters. The summed E-state index contributed by atoms with van der Waals surface area (Å²) >= 11 is 1.74. The van der Waals surface area contributed by atoms with Crippen molar-refractivity contribution in [3.8, 4) is 0 Å².